The predicted molar refractivity (Wildman–Crippen MR) is 29.1 cm³/mol. The third kappa shape index (κ3) is 5.89. The zero-order valence-corrected chi connectivity index (χ0v) is 4.71. The fraction of sp³-hybridized carbons (Fsp3) is 1.00. The van der Waals surface area contributed by atoms with E-state index in [1.807, 2.05) is 6.92 Å². The molecule has 1 N–H and O–H groups in total. The van der Waals surface area contributed by atoms with Crippen molar-refractivity contribution >= 4 is 0 Å². The lowest BCUT2D eigenvalue weighted by Crippen LogP contribution is -2.14. The Balaban J connectivity index is 2.45. The van der Waals surface area contributed by atoms with Crippen LogP contribution in [-0.4, -0.2) is 19.8 Å². The highest BCUT2D eigenvalue weighted by Gasteiger charge is 1.79. The van der Waals surface area contributed by atoms with E-state index in [0.717, 1.165) is 13.1 Å². The van der Waals surface area contributed by atoms with Crippen LogP contribution in [0.5, 0.6) is 0 Å². The van der Waals surface area contributed by atoms with Gasteiger partial charge in [0.15, 0.2) is 0 Å². The highest BCUT2D eigenvalue weighted by molar-refractivity contribution is 4.39. The van der Waals surface area contributed by atoms with Crippen LogP contribution in [0, 0.1) is 0 Å². The zero-order chi connectivity index (χ0) is 5.54. The Bertz CT molecular complexity index is 27.3. The van der Waals surface area contributed by atoms with Gasteiger partial charge in [0.05, 0.1) is 6.67 Å². The van der Waals surface area contributed by atoms with Crippen LogP contribution in [0.15, 0.2) is 0 Å². The minimum absolute atomic E-state index is 0.201. The maximum absolute atomic E-state index is 11.3. The number of rotatable bonds is 4. The molecule has 0 fully saturated rings. The van der Waals surface area contributed by atoms with Crippen molar-refractivity contribution in [2.24, 2.45) is 0 Å². The summed E-state index contributed by atoms with van der Waals surface area (Å²) in [7, 11) is 0. The minimum Gasteiger partial charge on any atom is -0.317 e. The topological polar surface area (TPSA) is 12.0 Å². The summed E-state index contributed by atoms with van der Waals surface area (Å²) in [6.45, 7) is 3.57. The maximum Gasteiger partial charge on any atom is 0.0906 e. The molecular formula is C5H12FN. The summed E-state index contributed by atoms with van der Waals surface area (Å²) in [5, 5.41) is 3.01. The molecule has 1 nitrogen and oxygen atoms in total. The van der Waals surface area contributed by atoms with Gasteiger partial charge in [0.25, 0.3) is 0 Å². The van der Waals surface area contributed by atoms with Crippen molar-refractivity contribution in [3.8, 4) is 0 Å². The van der Waals surface area contributed by atoms with Crippen molar-refractivity contribution < 1.29 is 4.39 Å². The first-order valence-electron chi connectivity index (χ1n) is 2.68. The van der Waals surface area contributed by atoms with Crippen LogP contribution in [0.25, 0.3) is 0 Å². The first-order chi connectivity index (χ1) is 3.41. The van der Waals surface area contributed by atoms with Gasteiger partial charge in [-0.25, -0.2) is 0 Å². The predicted octanol–water partition coefficient (Wildman–Crippen LogP) is 0.956. The van der Waals surface area contributed by atoms with Crippen LogP contribution >= 0.6 is 0 Å². The molecule has 0 aliphatic heterocycles. The lowest BCUT2D eigenvalue weighted by Gasteiger charge is -1.93. The molecule has 0 bridgehead atoms. The third-order valence-corrected chi connectivity index (χ3v) is 0.737. The van der Waals surface area contributed by atoms with Crippen LogP contribution < -0.4 is 5.32 Å². The van der Waals surface area contributed by atoms with Crippen molar-refractivity contribution in [1.82, 2.24) is 5.32 Å². The van der Waals surface area contributed by atoms with E-state index < -0.39 is 0 Å². The second-order valence-electron chi connectivity index (χ2n) is 1.40. The van der Waals surface area contributed by atoms with Gasteiger partial charge in [-0.15, -0.1) is 0 Å². The summed E-state index contributed by atoms with van der Waals surface area (Å²) < 4.78 is 11.3. The Morgan fingerprint density at radius 2 is 2.29 bits per heavy atom. The highest BCUT2D eigenvalue weighted by atomic mass is 19.1. The van der Waals surface area contributed by atoms with Gasteiger partial charge in [-0.3, -0.25) is 4.39 Å². The lowest BCUT2D eigenvalue weighted by atomic mass is 10.5. The summed E-state index contributed by atoms with van der Waals surface area (Å²) in [6, 6.07) is 0. The summed E-state index contributed by atoms with van der Waals surface area (Å²) >= 11 is 0. The van der Waals surface area contributed by atoms with Crippen molar-refractivity contribution in [3.63, 3.8) is 0 Å². The number of alkyl halides is 1. The molecule has 0 unspecified atom stereocenters. The second-order valence-corrected chi connectivity index (χ2v) is 1.40. The number of nitrogens with one attached hydrogen (secondary N) is 1. The van der Waals surface area contributed by atoms with Crippen LogP contribution in [0.3, 0.4) is 0 Å². The van der Waals surface area contributed by atoms with Gasteiger partial charge in [-0.05, 0) is 19.5 Å². The molecule has 0 aromatic heterocycles. The highest BCUT2D eigenvalue weighted by Crippen LogP contribution is 1.74. The molecule has 2 heteroatoms. The quantitative estimate of drug-likeness (QED) is 0.525. The molecule has 7 heavy (non-hydrogen) atoms. The van der Waals surface area contributed by atoms with E-state index >= 15 is 0 Å². The largest absolute Gasteiger partial charge is 0.317 e. The monoisotopic (exact) mass is 105 g/mol. The van der Waals surface area contributed by atoms with Crippen LogP contribution in [0.4, 0.5) is 4.39 Å². The summed E-state index contributed by atoms with van der Waals surface area (Å²) in [4.78, 5) is 0. The first-order valence-corrected chi connectivity index (χ1v) is 2.68. The van der Waals surface area contributed by atoms with Gasteiger partial charge in [-0.1, -0.05) is 6.92 Å². The SMILES string of the molecule is CCNCCCF. The van der Waals surface area contributed by atoms with Crippen LogP contribution in [0.1, 0.15) is 13.3 Å². The van der Waals surface area contributed by atoms with Gasteiger partial charge in [0.2, 0.25) is 0 Å². The molecule has 0 saturated carbocycles. The van der Waals surface area contributed by atoms with Gasteiger partial charge >= 0.3 is 0 Å². The fourth-order valence-corrected chi connectivity index (χ4v) is 0.369. The summed E-state index contributed by atoms with van der Waals surface area (Å²) in [5.74, 6) is 0. The molecule has 0 saturated heterocycles. The van der Waals surface area contributed by atoms with E-state index in [9.17, 15) is 4.39 Å². The van der Waals surface area contributed by atoms with Crippen molar-refractivity contribution in [2.45, 2.75) is 13.3 Å². The average molecular weight is 105 g/mol. The van der Waals surface area contributed by atoms with Crippen molar-refractivity contribution in [2.75, 3.05) is 19.8 Å². The molecule has 0 atom stereocenters. The summed E-state index contributed by atoms with van der Waals surface area (Å²) in [5.41, 5.74) is 0. The van der Waals surface area contributed by atoms with Gasteiger partial charge in [0.1, 0.15) is 0 Å². The Morgan fingerprint density at radius 3 is 2.71 bits per heavy atom. The lowest BCUT2D eigenvalue weighted by molar-refractivity contribution is 0.462. The Labute approximate surface area is 43.9 Å². The van der Waals surface area contributed by atoms with E-state index in [1.54, 1.807) is 0 Å². The van der Waals surface area contributed by atoms with Crippen molar-refractivity contribution in [3.05, 3.63) is 0 Å². The number of hydrogen-bond donors (Lipinski definition) is 1. The molecule has 0 spiro atoms. The standard InChI is InChI=1S/C5H12FN/c1-2-7-5-3-4-6/h7H,2-5H2,1H3. The van der Waals surface area contributed by atoms with E-state index in [1.165, 1.54) is 0 Å². The van der Waals surface area contributed by atoms with E-state index in [0.29, 0.717) is 6.42 Å². The molecule has 0 aromatic rings. The van der Waals surface area contributed by atoms with Crippen molar-refractivity contribution in [1.29, 1.82) is 0 Å². The average Bonchev–Trinajstić information content (AvgIpc) is 1.69. The molecule has 0 amide bonds. The Hall–Kier alpha value is -0.110. The molecular weight excluding hydrogens is 93.1 g/mol. The first kappa shape index (κ1) is 6.89. The van der Waals surface area contributed by atoms with Gasteiger partial charge in [-0.2, -0.15) is 0 Å². The zero-order valence-electron chi connectivity index (χ0n) is 4.71. The van der Waals surface area contributed by atoms with Crippen LogP contribution in [-0.2, 0) is 0 Å². The third-order valence-electron chi connectivity index (χ3n) is 0.737. The molecule has 0 rings (SSSR count). The number of hydrogen-bond acceptors (Lipinski definition) is 1. The Kier molecular flexibility index (Phi) is 5.80. The molecule has 0 aromatic carbocycles. The van der Waals surface area contributed by atoms with E-state index in [-0.39, 0.29) is 6.67 Å². The fourth-order valence-electron chi connectivity index (χ4n) is 0.369. The smallest absolute Gasteiger partial charge is 0.0906 e. The molecule has 44 valence electrons. The van der Waals surface area contributed by atoms with E-state index in [2.05, 4.69) is 5.32 Å². The molecule has 0 aliphatic rings. The summed E-state index contributed by atoms with van der Waals surface area (Å²) in [6.07, 6.45) is 0.647. The minimum atomic E-state index is -0.201. The number of halogens is 1. The molecule has 0 aliphatic carbocycles. The van der Waals surface area contributed by atoms with Gasteiger partial charge in [0, 0.05) is 0 Å². The second kappa shape index (κ2) is 5.89. The molecule has 0 heterocycles. The Morgan fingerprint density at radius 1 is 1.57 bits per heavy atom. The van der Waals surface area contributed by atoms with E-state index in [4.69, 9.17) is 0 Å². The van der Waals surface area contributed by atoms with Crippen LogP contribution in [0.2, 0.25) is 0 Å². The van der Waals surface area contributed by atoms with Gasteiger partial charge < -0.3 is 5.32 Å². The maximum atomic E-state index is 11.3. The normalized spacial score (nSPS) is 9.43. The molecule has 0 radical (unpaired) electrons.